The molecule has 0 spiro atoms. The average Bonchev–Trinajstić information content (AvgIpc) is 3.47. The van der Waals surface area contributed by atoms with Crippen LogP contribution in [0.3, 0.4) is 0 Å². The van der Waals surface area contributed by atoms with Gasteiger partial charge < -0.3 is 10.3 Å². The lowest BCUT2D eigenvalue weighted by molar-refractivity contribution is -0.124. The molecule has 0 saturated heterocycles. The van der Waals surface area contributed by atoms with Gasteiger partial charge in [0.1, 0.15) is 5.82 Å². The Hall–Kier alpha value is -3.40. The molecule has 1 amide bonds. The predicted molar refractivity (Wildman–Crippen MR) is 114 cm³/mol. The van der Waals surface area contributed by atoms with Crippen molar-refractivity contribution in [2.75, 3.05) is 0 Å². The van der Waals surface area contributed by atoms with Gasteiger partial charge in [0.25, 0.3) is 0 Å². The van der Waals surface area contributed by atoms with Gasteiger partial charge in [-0.1, -0.05) is 72.8 Å². The molecule has 1 aliphatic rings. The maximum Gasteiger partial charge on any atom is 0.231 e. The van der Waals surface area contributed by atoms with Crippen LogP contribution in [0, 0.1) is 0 Å². The van der Waals surface area contributed by atoms with E-state index >= 15 is 0 Å². The number of para-hydroxylation sites is 2. The lowest BCUT2D eigenvalue weighted by Gasteiger charge is -2.22. The van der Waals surface area contributed by atoms with Crippen LogP contribution in [-0.4, -0.2) is 15.9 Å². The van der Waals surface area contributed by atoms with Gasteiger partial charge in [-0.05, 0) is 42.5 Å². The van der Waals surface area contributed by atoms with Gasteiger partial charge >= 0.3 is 0 Å². The first-order chi connectivity index (χ1) is 14.2. The lowest BCUT2D eigenvalue weighted by atomic mass is 9.94. The van der Waals surface area contributed by atoms with Gasteiger partial charge in [0, 0.05) is 0 Å². The Morgan fingerprint density at radius 1 is 0.931 bits per heavy atom. The van der Waals surface area contributed by atoms with Gasteiger partial charge in [0.05, 0.1) is 22.5 Å². The second-order valence-corrected chi connectivity index (χ2v) is 7.80. The number of hydrogen-bond donors (Lipinski definition) is 2. The monoisotopic (exact) mass is 381 g/mol. The molecule has 29 heavy (non-hydrogen) atoms. The summed E-state index contributed by atoms with van der Waals surface area (Å²) in [4.78, 5) is 21.5. The van der Waals surface area contributed by atoms with E-state index in [1.807, 2.05) is 60.7 Å². The number of benzene rings is 3. The highest BCUT2D eigenvalue weighted by Crippen LogP contribution is 2.48. The Morgan fingerprint density at radius 2 is 1.59 bits per heavy atom. The Morgan fingerprint density at radius 3 is 2.28 bits per heavy atom. The summed E-state index contributed by atoms with van der Waals surface area (Å²) in [6.45, 7) is 0. The summed E-state index contributed by atoms with van der Waals surface area (Å²) < 4.78 is 0. The molecule has 3 aromatic carbocycles. The molecule has 4 aromatic rings. The number of rotatable bonds is 6. The van der Waals surface area contributed by atoms with Gasteiger partial charge in [0.15, 0.2) is 0 Å². The van der Waals surface area contributed by atoms with Gasteiger partial charge in [-0.3, -0.25) is 4.79 Å². The molecule has 2 N–H and O–H groups in total. The largest absolute Gasteiger partial charge is 0.345 e. The third-order valence-electron chi connectivity index (χ3n) is 5.84. The molecule has 4 nitrogen and oxygen atoms in total. The molecule has 1 fully saturated rings. The van der Waals surface area contributed by atoms with Crippen molar-refractivity contribution >= 4 is 16.9 Å². The summed E-state index contributed by atoms with van der Waals surface area (Å²) in [6.07, 6.45) is 2.47. The quantitative estimate of drug-likeness (QED) is 0.509. The van der Waals surface area contributed by atoms with Gasteiger partial charge in [-0.15, -0.1) is 0 Å². The number of carbonyl (C=O) groups is 1. The van der Waals surface area contributed by atoms with E-state index in [1.165, 1.54) is 5.56 Å². The van der Waals surface area contributed by atoms with Crippen molar-refractivity contribution in [3.05, 3.63) is 102 Å². The number of H-pyrrole nitrogens is 1. The SMILES string of the molecule is O=C(NC(Cc1ccccc1)c1nc2ccccc2[nH]1)C1(c2ccccc2)CC1. The molecule has 1 unspecified atom stereocenters. The topological polar surface area (TPSA) is 57.8 Å². The van der Waals surface area contributed by atoms with E-state index in [4.69, 9.17) is 4.98 Å². The van der Waals surface area contributed by atoms with E-state index in [9.17, 15) is 4.79 Å². The maximum atomic E-state index is 13.4. The van der Waals surface area contributed by atoms with Crippen molar-refractivity contribution in [2.45, 2.75) is 30.7 Å². The number of nitrogens with one attached hydrogen (secondary N) is 2. The van der Waals surface area contributed by atoms with Crippen LogP contribution < -0.4 is 5.32 Å². The molecule has 1 aromatic heterocycles. The Labute approximate surface area is 170 Å². The minimum atomic E-state index is -0.401. The summed E-state index contributed by atoms with van der Waals surface area (Å²) in [6, 6.07) is 28.1. The number of hydrogen-bond acceptors (Lipinski definition) is 2. The predicted octanol–water partition coefficient (Wildman–Crippen LogP) is 4.69. The molecular formula is C25H23N3O. The van der Waals surface area contributed by atoms with E-state index < -0.39 is 5.41 Å². The van der Waals surface area contributed by atoms with Crippen molar-refractivity contribution in [1.29, 1.82) is 0 Å². The standard InChI is InChI=1S/C25H23N3O/c29-24(25(15-16-25)19-11-5-2-6-12-19)28-22(17-18-9-3-1-4-10-18)23-26-20-13-7-8-14-21(20)27-23/h1-14,22H,15-17H2,(H,26,27)(H,28,29). The zero-order valence-electron chi connectivity index (χ0n) is 16.1. The molecule has 0 bridgehead atoms. The average molecular weight is 381 g/mol. The first-order valence-electron chi connectivity index (χ1n) is 10.1. The number of imidazole rings is 1. The highest BCUT2D eigenvalue weighted by Gasteiger charge is 2.51. The Kier molecular flexibility index (Phi) is 4.39. The molecule has 1 saturated carbocycles. The third kappa shape index (κ3) is 3.42. The van der Waals surface area contributed by atoms with Crippen LogP contribution in [0.25, 0.3) is 11.0 Å². The number of aromatic amines is 1. The van der Waals surface area contributed by atoms with Crippen LogP contribution in [0.15, 0.2) is 84.9 Å². The molecule has 1 aliphatic carbocycles. The highest BCUT2D eigenvalue weighted by molar-refractivity contribution is 5.91. The molecule has 0 radical (unpaired) electrons. The second kappa shape index (κ2) is 7.21. The fourth-order valence-electron chi connectivity index (χ4n) is 4.03. The number of aromatic nitrogens is 2. The molecule has 5 rings (SSSR count). The third-order valence-corrected chi connectivity index (χ3v) is 5.84. The zero-order valence-corrected chi connectivity index (χ0v) is 16.1. The fourth-order valence-corrected chi connectivity index (χ4v) is 4.03. The minimum Gasteiger partial charge on any atom is -0.345 e. The summed E-state index contributed by atoms with van der Waals surface area (Å²) in [7, 11) is 0. The zero-order chi connectivity index (χ0) is 19.7. The van der Waals surface area contributed by atoms with E-state index in [2.05, 4.69) is 34.6 Å². The van der Waals surface area contributed by atoms with Crippen molar-refractivity contribution in [3.8, 4) is 0 Å². The van der Waals surface area contributed by atoms with Crippen molar-refractivity contribution in [1.82, 2.24) is 15.3 Å². The van der Waals surface area contributed by atoms with Crippen LogP contribution in [0.2, 0.25) is 0 Å². The number of fused-ring (bicyclic) bond motifs is 1. The molecule has 144 valence electrons. The van der Waals surface area contributed by atoms with Gasteiger partial charge in [-0.25, -0.2) is 4.98 Å². The molecule has 1 heterocycles. The summed E-state index contributed by atoms with van der Waals surface area (Å²) in [5, 5.41) is 3.31. The molecule has 1 atom stereocenters. The second-order valence-electron chi connectivity index (χ2n) is 7.80. The van der Waals surface area contributed by atoms with Crippen molar-refractivity contribution in [3.63, 3.8) is 0 Å². The first-order valence-corrected chi connectivity index (χ1v) is 10.1. The van der Waals surface area contributed by atoms with E-state index in [1.54, 1.807) is 0 Å². The summed E-state index contributed by atoms with van der Waals surface area (Å²) in [5.41, 5.74) is 3.77. The Bertz CT molecular complexity index is 1100. The van der Waals surface area contributed by atoms with Gasteiger partial charge in [0.2, 0.25) is 5.91 Å². The van der Waals surface area contributed by atoms with Crippen LogP contribution in [0.4, 0.5) is 0 Å². The van der Waals surface area contributed by atoms with Crippen molar-refractivity contribution in [2.24, 2.45) is 0 Å². The number of nitrogens with zero attached hydrogens (tertiary/aromatic N) is 1. The molecule has 4 heteroatoms. The van der Waals surface area contributed by atoms with Crippen LogP contribution in [-0.2, 0) is 16.6 Å². The van der Waals surface area contributed by atoms with Crippen molar-refractivity contribution < 1.29 is 4.79 Å². The summed E-state index contributed by atoms with van der Waals surface area (Å²) in [5.74, 6) is 0.886. The Balaban J connectivity index is 1.46. The first kappa shape index (κ1) is 17.7. The normalized spacial score (nSPS) is 15.7. The van der Waals surface area contributed by atoms with E-state index in [0.717, 1.165) is 35.3 Å². The number of carbonyl (C=O) groups excluding carboxylic acids is 1. The highest BCUT2D eigenvalue weighted by atomic mass is 16.2. The fraction of sp³-hybridized carbons (Fsp3) is 0.200. The van der Waals surface area contributed by atoms with E-state index in [-0.39, 0.29) is 11.9 Å². The molecule has 0 aliphatic heterocycles. The van der Waals surface area contributed by atoms with Crippen LogP contribution in [0.5, 0.6) is 0 Å². The molecular weight excluding hydrogens is 358 g/mol. The smallest absolute Gasteiger partial charge is 0.231 e. The summed E-state index contributed by atoms with van der Waals surface area (Å²) >= 11 is 0. The van der Waals surface area contributed by atoms with Gasteiger partial charge in [-0.2, -0.15) is 0 Å². The minimum absolute atomic E-state index is 0.0880. The number of amides is 1. The van der Waals surface area contributed by atoms with Crippen LogP contribution >= 0.6 is 0 Å². The van der Waals surface area contributed by atoms with Crippen LogP contribution in [0.1, 0.15) is 35.8 Å². The lowest BCUT2D eigenvalue weighted by Crippen LogP contribution is -2.38. The maximum absolute atomic E-state index is 13.4. The van der Waals surface area contributed by atoms with E-state index in [0.29, 0.717) is 6.42 Å².